The average molecular weight is 375 g/mol. The van der Waals surface area contributed by atoms with Crippen molar-refractivity contribution >= 4 is 32.6 Å². The van der Waals surface area contributed by atoms with Crippen LogP contribution in [-0.4, -0.2) is 52.8 Å². The first-order chi connectivity index (χ1) is 12.4. The Morgan fingerprint density at radius 2 is 2.08 bits per heavy atom. The number of hydrogen-bond acceptors (Lipinski definition) is 5. The predicted molar refractivity (Wildman–Crippen MR) is 102 cm³/mol. The number of rotatable bonds is 6. The Labute approximate surface area is 155 Å². The van der Waals surface area contributed by atoms with Crippen molar-refractivity contribution in [1.82, 2.24) is 19.7 Å². The van der Waals surface area contributed by atoms with Gasteiger partial charge in [-0.05, 0) is 57.7 Å². The molecule has 8 heteroatoms. The molecule has 0 radical (unpaired) electrons. The molecule has 0 atom stereocenters. The summed E-state index contributed by atoms with van der Waals surface area (Å²) in [6, 6.07) is 4.48. The van der Waals surface area contributed by atoms with Gasteiger partial charge in [0.15, 0.2) is 5.13 Å². The third kappa shape index (κ3) is 3.76. The van der Waals surface area contributed by atoms with Crippen LogP contribution in [0.4, 0.5) is 9.52 Å². The second-order valence-electron chi connectivity index (χ2n) is 6.52. The fourth-order valence-corrected chi connectivity index (χ4v) is 3.83. The van der Waals surface area contributed by atoms with E-state index in [2.05, 4.69) is 15.0 Å². The van der Waals surface area contributed by atoms with Gasteiger partial charge >= 0.3 is 0 Å². The molecule has 0 aliphatic rings. The van der Waals surface area contributed by atoms with Gasteiger partial charge in [0.2, 0.25) is 0 Å². The number of anilines is 1. The molecule has 26 heavy (non-hydrogen) atoms. The summed E-state index contributed by atoms with van der Waals surface area (Å²) in [7, 11) is 5.75. The van der Waals surface area contributed by atoms with Crippen LogP contribution in [-0.2, 0) is 7.05 Å². The van der Waals surface area contributed by atoms with E-state index in [0.29, 0.717) is 22.9 Å². The molecule has 0 bridgehead atoms. The molecule has 3 rings (SSSR count). The number of halogens is 1. The Bertz CT molecular complexity index is 913. The second-order valence-corrected chi connectivity index (χ2v) is 7.53. The van der Waals surface area contributed by atoms with E-state index in [1.54, 1.807) is 28.9 Å². The lowest BCUT2D eigenvalue weighted by atomic mass is 10.2. The van der Waals surface area contributed by atoms with Gasteiger partial charge in [0.1, 0.15) is 11.5 Å². The van der Waals surface area contributed by atoms with Crippen LogP contribution in [0, 0.1) is 12.7 Å². The van der Waals surface area contributed by atoms with Crippen molar-refractivity contribution in [3.05, 3.63) is 41.5 Å². The molecule has 0 aliphatic carbocycles. The van der Waals surface area contributed by atoms with Gasteiger partial charge in [0.05, 0.1) is 16.4 Å². The Hall–Kier alpha value is -2.32. The fraction of sp³-hybridized carbons (Fsp3) is 0.389. The molecule has 0 N–H and O–H groups in total. The fourth-order valence-electron chi connectivity index (χ4n) is 2.81. The van der Waals surface area contributed by atoms with Gasteiger partial charge in [-0.2, -0.15) is 5.10 Å². The zero-order valence-electron chi connectivity index (χ0n) is 15.4. The van der Waals surface area contributed by atoms with Gasteiger partial charge in [-0.15, -0.1) is 0 Å². The monoisotopic (exact) mass is 375 g/mol. The van der Waals surface area contributed by atoms with Crippen molar-refractivity contribution in [3.8, 4) is 0 Å². The normalized spacial score (nSPS) is 11.5. The summed E-state index contributed by atoms with van der Waals surface area (Å²) in [6.07, 6.45) is 2.49. The molecule has 6 nitrogen and oxygen atoms in total. The minimum atomic E-state index is -0.305. The Balaban J connectivity index is 1.97. The first-order valence-electron chi connectivity index (χ1n) is 8.38. The molecule has 0 fully saturated rings. The summed E-state index contributed by atoms with van der Waals surface area (Å²) in [5, 5.41) is 4.75. The number of thiazole rings is 1. The zero-order chi connectivity index (χ0) is 18.8. The van der Waals surface area contributed by atoms with Crippen molar-refractivity contribution in [3.63, 3.8) is 0 Å². The highest BCUT2D eigenvalue weighted by atomic mass is 32.1. The van der Waals surface area contributed by atoms with E-state index in [1.165, 1.54) is 23.5 Å². The number of aromatic nitrogens is 3. The maximum absolute atomic E-state index is 13.5. The van der Waals surface area contributed by atoms with Crippen molar-refractivity contribution in [2.45, 2.75) is 13.3 Å². The van der Waals surface area contributed by atoms with Gasteiger partial charge in [-0.1, -0.05) is 11.3 Å². The van der Waals surface area contributed by atoms with Crippen LogP contribution < -0.4 is 4.90 Å². The van der Waals surface area contributed by atoms with E-state index in [0.717, 1.165) is 23.2 Å². The van der Waals surface area contributed by atoms with E-state index in [9.17, 15) is 9.18 Å². The topological polar surface area (TPSA) is 54.3 Å². The summed E-state index contributed by atoms with van der Waals surface area (Å²) in [6.45, 7) is 3.25. The Morgan fingerprint density at radius 1 is 1.31 bits per heavy atom. The highest BCUT2D eigenvalue weighted by molar-refractivity contribution is 7.22. The van der Waals surface area contributed by atoms with Crippen molar-refractivity contribution < 1.29 is 9.18 Å². The first kappa shape index (κ1) is 18.5. The minimum absolute atomic E-state index is 0.138. The Morgan fingerprint density at radius 3 is 2.73 bits per heavy atom. The summed E-state index contributed by atoms with van der Waals surface area (Å²) < 4.78 is 15.8. The molecule has 138 valence electrons. The summed E-state index contributed by atoms with van der Waals surface area (Å²) in [5.41, 5.74) is 2.06. The number of amides is 1. The summed E-state index contributed by atoms with van der Waals surface area (Å²) >= 11 is 1.33. The molecular formula is C18H22FN5OS. The van der Waals surface area contributed by atoms with Gasteiger partial charge in [-0.3, -0.25) is 14.4 Å². The maximum atomic E-state index is 13.5. The number of carbonyl (C=O) groups excluding carboxylic acids is 1. The van der Waals surface area contributed by atoms with Crippen molar-refractivity contribution in [2.24, 2.45) is 7.05 Å². The van der Waals surface area contributed by atoms with Crippen LogP contribution in [0.15, 0.2) is 24.4 Å². The molecule has 1 amide bonds. The number of fused-ring (bicyclic) bond motifs is 1. The lowest BCUT2D eigenvalue weighted by molar-refractivity contribution is 0.0976. The van der Waals surface area contributed by atoms with E-state index in [4.69, 9.17) is 0 Å². The average Bonchev–Trinajstić information content (AvgIpc) is 3.13. The van der Waals surface area contributed by atoms with E-state index >= 15 is 0 Å². The van der Waals surface area contributed by atoms with Crippen LogP contribution in [0.1, 0.15) is 22.5 Å². The number of aryl methyl sites for hydroxylation is 2. The smallest absolute Gasteiger partial charge is 0.278 e. The third-order valence-corrected chi connectivity index (χ3v) is 5.17. The van der Waals surface area contributed by atoms with Crippen LogP contribution in [0.3, 0.4) is 0 Å². The number of carbonyl (C=O) groups is 1. The molecule has 3 aromatic rings. The zero-order valence-corrected chi connectivity index (χ0v) is 16.2. The predicted octanol–water partition coefficient (Wildman–Crippen LogP) is 3.08. The molecule has 2 aromatic heterocycles. The van der Waals surface area contributed by atoms with E-state index in [1.807, 2.05) is 21.0 Å². The van der Waals surface area contributed by atoms with Crippen LogP contribution >= 0.6 is 11.3 Å². The molecule has 2 heterocycles. The first-order valence-corrected chi connectivity index (χ1v) is 9.19. The van der Waals surface area contributed by atoms with Crippen LogP contribution in [0.25, 0.3) is 10.2 Å². The molecule has 1 aromatic carbocycles. The molecule has 0 saturated heterocycles. The highest BCUT2D eigenvalue weighted by Gasteiger charge is 2.25. The van der Waals surface area contributed by atoms with Gasteiger partial charge in [0.25, 0.3) is 5.91 Å². The standard InChI is InChI=1S/C18H22FN5OS/c1-12-11-20-23(4)16(12)17(25)24(9-5-8-22(2)3)18-21-14-7-6-13(19)10-15(14)26-18/h6-7,10-11H,5,8-9H2,1-4H3. The second kappa shape index (κ2) is 7.51. The van der Waals surface area contributed by atoms with E-state index in [-0.39, 0.29) is 11.7 Å². The minimum Gasteiger partial charge on any atom is -0.309 e. The molecule has 0 saturated carbocycles. The molecular weight excluding hydrogens is 353 g/mol. The van der Waals surface area contributed by atoms with Crippen LogP contribution in [0.2, 0.25) is 0 Å². The largest absolute Gasteiger partial charge is 0.309 e. The van der Waals surface area contributed by atoms with Crippen LogP contribution in [0.5, 0.6) is 0 Å². The summed E-state index contributed by atoms with van der Waals surface area (Å²) in [4.78, 5) is 21.5. The molecule has 0 spiro atoms. The Kier molecular flexibility index (Phi) is 5.33. The van der Waals surface area contributed by atoms with Crippen molar-refractivity contribution in [1.29, 1.82) is 0 Å². The van der Waals surface area contributed by atoms with Gasteiger partial charge in [-0.25, -0.2) is 9.37 Å². The quantitative estimate of drug-likeness (QED) is 0.664. The maximum Gasteiger partial charge on any atom is 0.278 e. The summed E-state index contributed by atoms with van der Waals surface area (Å²) in [5.74, 6) is -0.443. The lowest BCUT2D eigenvalue weighted by Crippen LogP contribution is -2.35. The molecule has 0 unspecified atom stereocenters. The lowest BCUT2D eigenvalue weighted by Gasteiger charge is -2.21. The number of benzene rings is 1. The number of hydrogen-bond donors (Lipinski definition) is 0. The number of nitrogens with zero attached hydrogens (tertiary/aromatic N) is 5. The van der Waals surface area contributed by atoms with Gasteiger partial charge in [0, 0.05) is 13.6 Å². The molecule has 0 aliphatic heterocycles. The van der Waals surface area contributed by atoms with Crippen molar-refractivity contribution in [2.75, 3.05) is 32.1 Å². The highest BCUT2D eigenvalue weighted by Crippen LogP contribution is 2.30. The SMILES string of the molecule is Cc1cnn(C)c1C(=O)N(CCCN(C)C)c1nc2ccc(F)cc2s1. The third-order valence-electron chi connectivity index (χ3n) is 4.13. The van der Waals surface area contributed by atoms with E-state index < -0.39 is 0 Å². The van der Waals surface area contributed by atoms with Gasteiger partial charge < -0.3 is 4.90 Å².